The van der Waals surface area contributed by atoms with E-state index in [9.17, 15) is 14.4 Å². The van der Waals surface area contributed by atoms with Crippen molar-refractivity contribution in [3.05, 3.63) is 92.6 Å². The lowest BCUT2D eigenvalue weighted by Gasteiger charge is -2.16. The first-order chi connectivity index (χ1) is 16.7. The van der Waals surface area contributed by atoms with E-state index in [-0.39, 0.29) is 10.7 Å². The topological polar surface area (TPSA) is 87.7 Å². The Morgan fingerprint density at radius 1 is 0.914 bits per heavy atom. The molecule has 1 aliphatic heterocycles. The predicted molar refractivity (Wildman–Crippen MR) is 138 cm³/mol. The van der Waals surface area contributed by atoms with Crippen molar-refractivity contribution in [1.82, 2.24) is 0 Å². The first-order valence-electron chi connectivity index (χ1n) is 10.3. The first kappa shape index (κ1) is 24.6. The van der Waals surface area contributed by atoms with Crippen molar-refractivity contribution >= 4 is 69.6 Å². The van der Waals surface area contributed by atoms with Gasteiger partial charge in [0.15, 0.2) is 0 Å². The van der Waals surface area contributed by atoms with Crippen molar-refractivity contribution in [2.24, 2.45) is 0 Å². The van der Waals surface area contributed by atoms with E-state index in [1.807, 2.05) is 0 Å². The van der Waals surface area contributed by atoms with Gasteiger partial charge in [0.1, 0.15) is 16.5 Å². The number of halogens is 3. The Labute approximate surface area is 216 Å². The van der Waals surface area contributed by atoms with E-state index in [4.69, 9.17) is 39.5 Å². The molecule has 178 valence electrons. The summed E-state index contributed by atoms with van der Waals surface area (Å²) in [4.78, 5) is 39.5. The van der Waals surface area contributed by atoms with Crippen LogP contribution in [0.15, 0.2) is 71.4 Å². The highest BCUT2D eigenvalue weighted by molar-refractivity contribution is 6.53. The quantitative estimate of drug-likeness (QED) is 0.382. The van der Waals surface area contributed by atoms with Crippen molar-refractivity contribution < 1.29 is 19.1 Å². The van der Waals surface area contributed by atoms with Crippen molar-refractivity contribution in [2.75, 3.05) is 22.6 Å². The molecule has 0 aliphatic carbocycles. The van der Waals surface area contributed by atoms with Crippen LogP contribution in [0.5, 0.6) is 5.75 Å². The van der Waals surface area contributed by atoms with Gasteiger partial charge in [-0.3, -0.25) is 14.4 Å². The van der Waals surface area contributed by atoms with Crippen LogP contribution in [0.4, 0.5) is 17.1 Å². The molecule has 0 radical (unpaired) electrons. The van der Waals surface area contributed by atoms with Crippen LogP contribution in [0.25, 0.3) is 0 Å². The molecular formula is C25H18Cl3N3O4. The molecule has 0 atom stereocenters. The largest absolute Gasteiger partial charge is 0.495 e. The summed E-state index contributed by atoms with van der Waals surface area (Å²) >= 11 is 18.3. The fourth-order valence-electron chi connectivity index (χ4n) is 3.42. The van der Waals surface area contributed by atoms with Crippen molar-refractivity contribution in [3.8, 4) is 5.75 Å². The van der Waals surface area contributed by atoms with Gasteiger partial charge in [0.05, 0.1) is 17.8 Å². The van der Waals surface area contributed by atoms with Gasteiger partial charge in [0, 0.05) is 22.0 Å². The van der Waals surface area contributed by atoms with Crippen LogP contribution in [0.2, 0.25) is 10.0 Å². The molecule has 2 N–H and O–H groups in total. The third-order valence-electron chi connectivity index (χ3n) is 5.28. The van der Waals surface area contributed by atoms with Gasteiger partial charge in [-0.15, -0.1) is 0 Å². The molecule has 1 heterocycles. The molecule has 3 aromatic carbocycles. The molecule has 7 nitrogen and oxygen atoms in total. The summed E-state index contributed by atoms with van der Waals surface area (Å²) in [7, 11) is 1.50. The number of carbonyl (C=O) groups excluding carboxylic acids is 3. The Bertz CT molecular complexity index is 1390. The Morgan fingerprint density at radius 3 is 2.29 bits per heavy atom. The number of aryl methyl sites for hydroxylation is 1. The van der Waals surface area contributed by atoms with Gasteiger partial charge < -0.3 is 15.4 Å². The van der Waals surface area contributed by atoms with Crippen molar-refractivity contribution in [2.45, 2.75) is 6.92 Å². The Balaban J connectivity index is 1.56. The molecule has 0 spiro atoms. The number of nitrogens with zero attached hydrogens (tertiary/aromatic N) is 1. The van der Waals surface area contributed by atoms with E-state index in [0.717, 1.165) is 10.5 Å². The van der Waals surface area contributed by atoms with Gasteiger partial charge in [-0.2, -0.15) is 0 Å². The zero-order valence-corrected chi connectivity index (χ0v) is 20.8. The number of methoxy groups -OCH3 is 1. The fourth-order valence-corrected chi connectivity index (χ4v) is 4.01. The van der Waals surface area contributed by atoms with Gasteiger partial charge in [-0.1, -0.05) is 40.9 Å². The minimum atomic E-state index is -0.663. The van der Waals surface area contributed by atoms with Crippen LogP contribution >= 0.6 is 34.8 Å². The van der Waals surface area contributed by atoms with Crippen LogP contribution in [0.1, 0.15) is 15.9 Å². The maximum Gasteiger partial charge on any atom is 0.283 e. The molecule has 1 aliphatic rings. The highest BCUT2D eigenvalue weighted by Gasteiger charge is 2.39. The van der Waals surface area contributed by atoms with E-state index >= 15 is 0 Å². The molecule has 0 fully saturated rings. The Hall–Kier alpha value is -3.52. The Kier molecular flexibility index (Phi) is 7.03. The number of carbonyl (C=O) groups is 3. The Morgan fingerprint density at radius 2 is 1.63 bits per heavy atom. The smallest absolute Gasteiger partial charge is 0.283 e. The summed E-state index contributed by atoms with van der Waals surface area (Å²) < 4.78 is 5.12. The molecule has 3 aromatic rings. The summed E-state index contributed by atoms with van der Waals surface area (Å²) in [6.45, 7) is 1.79. The summed E-state index contributed by atoms with van der Waals surface area (Å²) in [6.07, 6.45) is 0. The number of imide groups is 1. The maximum atomic E-state index is 13.0. The SMILES string of the molecule is COc1ccc(NC(=O)c2ccc(C)c(NC3=C(Cl)C(=O)N(c4ccc(Cl)cc4)C3=O)c2)cc1Cl. The number of amides is 3. The predicted octanol–water partition coefficient (Wildman–Crippen LogP) is 6.00. The first-order valence-corrected chi connectivity index (χ1v) is 11.4. The average molecular weight is 531 g/mol. The van der Waals surface area contributed by atoms with E-state index < -0.39 is 17.7 Å². The lowest BCUT2D eigenvalue weighted by molar-refractivity contribution is -0.120. The molecule has 10 heteroatoms. The monoisotopic (exact) mass is 529 g/mol. The zero-order valence-electron chi connectivity index (χ0n) is 18.5. The van der Waals surface area contributed by atoms with Crippen LogP contribution in [0.3, 0.4) is 0 Å². The normalized spacial score (nSPS) is 13.3. The summed E-state index contributed by atoms with van der Waals surface area (Å²) in [5, 5.41) is 6.25. The minimum absolute atomic E-state index is 0.0887. The van der Waals surface area contributed by atoms with Gasteiger partial charge in [0.2, 0.25) is 0 Å². The second kappa shape index (κ2) is 10.00. The molecule has 0 aromatic heterocycles. The molecule has 0 bridgehead atoms. The van der Waals surface area contributed by atoms with Crippen molar-refractivity contribution in [3.63, 3.8) is 0 Å². The zero-order chi connectivity index (χ0) is 25.3. The number of hydrogen-bond donors (Lipinski definition) is 2. The van der Waals surface area contributed by atoms with E-state index in [1.54, 1.807) is 67.6 Å². The molecule has 4 rings (SSSR count). The highest BCUT2D eigenvalue weighted by Crippen LogP contribution is 2.32. The molecule has 3 amide bonds. The van der Waals surface area contributed by atoms with E-state index in [1.165, 1.54) is 7.11 Å². The second-order valence-corrected chi connectivity index (χ2v) is 8.79. The number of rotatable bonds is 6. The van der Waals surface area contributed by atoms with Crippen LogP contribution in [-0.4, -0.2) is 24.8 Å². The second-order valence-electron chi connectivity index (χ2n) is 7.57. The number of anilines is 3. The van der Waals surface area contributed by atoms with Gasteiger partial charge in [-0.05, 0) is 67.1 Å². The highest BCUT2D eigenvalue weighted by atomic mass is 35.5. The third kappa shape index (κ3) is 4.98. The third-order valence-corrected chi connectivity index (χ3v) is 6.18. The van der Waals surface area contributed by atoms with Gasteiger partial charge in [-0.25, -0.2) is 4.90 Å². The molecular weight excluding hydrogens is 513 g/mol. The summed E-state index contributed by atoms with van der Waals surface area (Å²) in [5.41, 5.74) is 2.22. The fraction of sp³-hybridized carbons (Fsp3) is 0.0800. The number of benzene rings is 3. The average Bonchev–Trinajstić information content (AvgIpc) is 3.04. The molecule has 35 heavy (non-hydrogen) atoms. The van der Waals surface area contributed by atoms with Gasteiger partial charge >= 0.3 is 0 Å². The number of nitrogens with one attached hydrogen (secondary N) is 2. The summed E-state index contributed by atoms with van der Waals surface area (Å²) in [6, 6.07) is 16.0. The van der Waals surface area contributed by atoms with Gasteiger partial charge in [0.25, 0.3) is 17.7 Å². The lowest BCUT2D eigenvalue weighted by atomic mass is 10.1. The van der Waals surface area contributed by atoms with E-state index in [2.05, 4.69) is 10.6 Å². The number of ether oxygens (including phenoxy) is 1. The standard InChI is InChI=1S/C25H18Cl3N3O4/c1-13-3-4-14(23(32)29-16-7-10-20(35-2)18(27)12-16)11-19(13)30-22-21(28)24(33)31(25(22)34)17-8-5-15(26)6-9-17/h3-12,30H,1-2H3,(H,29,32). The molecule has 0 unspecified atom stereocenters. The lowest BCUT2D eigenvalue weighted by Crippen LogP contribution is -2.32. The van der Waals surface area contributed by atoms with Crippen molar-refractivity contribution in [1.29, 1.82) is 0 Å². The molecule has 0 saturated carbocycles. The minimum Gasteiger partial charge on any atom is -0.495 e. The van der Waals surface area contributed by atoms with Crippen LogP contribution < -0.4 is 20.3 Å². The molecule has 0 saturated heterocycles. The van der Waals surface area contributed by atoms with E-state index in [0.29, 0.717) is 38.4 Å². The maximum absolute atomic E-state index is 13.0. The summed E-state index contributed by atoms with van der Waals surface area (Å²) in [5.74, 6) is -1.19. The number of hydrogen-bond acceptors (Lipinski definition) is 5. The van der Waals surface area contributed by atoms with Crippen LogP contribution in [-0.2, 0) is 9.59 Å². The van der Waals surface area contributed by atoms with Crippen LogP contribution in [0, 0.1) is 6.92 Å².